The summed E-state index contributed by atoms with van der Waals surface area (Å²) >= 11 is 0. The third kappa shape index (κ3) is 6.02. The molecule has 0 amide bonds. The highest BCUT2D eigenvalue weighted by Crippen LogP contribution is 2.39. The lowest BCUT2D eigenvalue weighted by Gasteiger charge is -2.36. The number of ether oxygens (including phenoxy) is 3. The second-order valence-electron chi connectivity index (χ2n) is 6.74. The van der Waals surface area contributed by atoms with Gasteiger partial charge < -0.3 is 29.3 Å². The predicted molar refractivity (Wildman–Crippen MR) is 132 cm³/mol. The van der Waals surface area contributed by atoms with Crippen LogP contribution < -0.4 is 24.4 Å². The summed E-state index contributed by atoms with van der Waals surface area (Å²) in [5.74, 6) is 3.64. The Balaban J connectivity index is 0.00000341. The molecule has 9 nitrogen and oxygen atoms in total. The van der Waals surface area contributed by atoms with Gasteiger partial charge in [0.15, 0.2) is 17.5 Å². The van der Waals surface area contributed by atoms with Crippen molar-refractivity contribution in [2.45, 2.75) is 6.42 Å². The summed E-state index contributed by atoms with van der Waals surface area (Å²) in [6.07, 6.45) is 4.32. The molecule has 0 bridgehead atoms. The molecule has 2 aromatic rings. The van der Waals surface area contributed by atoms with E-state index in [1.165, 1.54) is 0 Å². The zero-order valence-electron chi connectivity index (χ0n) is 18.5. The summed E-state index contributed by atoms with van der Waals surface area (Å²) in [4.78, 5) is 17.6. The van der Waals surface area contributed by atoms with E-state index in [4.69, 9.17) is 14.2 Å². The van der Waals surface area contributed by atoms with Crippen molar-refractivity contribution in [2.75, 3.05) is 66.0 Å². The molecule has 1 saturated heterocycles. The Morgan fingerprint density at radius 2 is 1.68 bits per heavy atom. The molecule has 1 aromatic heterocycles. The van der Waals surface area contributed by atoms with Gasteiger partial charge in [0.2, 0.25) is 11.7 Å². The fourth-order valence-electron chi connectivity index (χ4n) is 3.57. The normalized spacial score (nSPS) is 14.0. The lowest BCUT2D eigenvalue weighted by molar-refractivity contribution is 0.322. The van der Waals surface area contributed by atoms with Crippen molar-refractivity contribution in [2.24, 2.45) is 4.99 Å². The van der Waals surface area contributed by atoms with Gasteiger partial charge in [-0.1, -0.05) is 6.07 Å². The molecule has 0 atom stereocenters. The van der Waals surface area contributed by atoms with E-state index in [9.17, 15) is 0 Å². The van der Waals surface area contributed by atoms with Gasteiger partial charge in [-0.2, -0.15) is 0 Å². The van der Waals surface area contributed by atoms with Gasteiger partial charge in [0.05, 0.1) is 21.3 Å². The number of hydrogen-bond acceptors (Lipinski definition) is 7. The van der Waals surface area contributed by atoms with E-state index in [1.54, 1.807) is 33.7 Å². The van der Waals surface area contributed by atoms with Gasteiger partial charge in [0.25, 0.3) is 0 Å². The largest absolute Gasteiger partial charge is 0.493 e. The number of benzene rings is 1. The zero-order chi connectivity index (χ0) is 21.3. The molecule has 0 radical (unpaired) electrons. The standard InChI is InChI=1S/C21H30N6O3.HI/c1-22-20(26-12-14-27(15-13-26)21-23-9-5-10-24-21)25-11-8-16-6-7-17(28-2)19(30-4)18(16)29-3;/h5-7,9-10H,8,11-15H2,1-4H3,(H,22,25);1H. The smallest absolute Gasteiger partial charge is 0.225 e. The molecule has 0 saturated carbocycles. The first kappa shape index (κ1) is 24.8. The number of anilines is 1. The molecule has 10 heteroatoms. The molecule has 1 N–H and O–H groups in total. The van der Waals surface area contributed by atoms with Crippen molar-refractivity contribution in [1.29, 1.82) is 0 Å². The first-order valence-electron chi connectivity index (χ1n) is 9.97. The monoisotopic (exact) mass is 542 g/mol. The Morgan fingerprint density at radius 1 is 1.00 bits per heavy atom. The lowest BCUT2D eigenvalue weighted by atomic mass is 10.1. The highest BCUT2D eigenvalue weighted by molar-refractivity contribution is 14.0. The van der Waals surface area contributed by atoms with Crippen molar-refractivity contribution in [1.82, 2.24) is 20.2 Å². The minimum absolute atomic E-state index is 0. The summed E-state index contributed by atoms with van der Waals surface area (Å²) in [5, 5.41) is 3.46. The summed E-state index contributed by atoms with van der Waals surface area (Å²) in [7, 11) is 6.69. The first-order valence-corrected chi connectivity index (χ1v) is 9.97. The van der Waals surface area contributed by atoms with Crippen LogP contribution in [0.3, 0.4) is 0 Å². The topological polar surface area (TPSA) is 84.3 Å². The third-order valence-corrected chi connectivity index (χ3v) is 5.09. The molecule has 1 aromatic carbocycles. The van der Waals surface area contributed by atoms with E-state index in [1.807, 2.05) is 25.2 Å². The molecule has 170 valence electrons. The Morgan fingerprint density at radius 3 is 2.26 bits per heavy atom. The van der Waals surface area contributed by atoms with E-state index in [0.29, 0.717) is 17.2 Å². The van der Waals surface area contributed by atoms with Crippen LogP contribution >= 0.6 is 24.0 Å². The number of aliphatic imine (C=N–C) groups is 1. The van der Waals surface area contributed by atoms with E-state index in [-0.39, 0.29) is 24.0 Å². The Kier molecular flexibility index (Phi) is 9.89. The van der Waals surface area contributed by atoms with Crippen LogP contribution in [0.5, 0.6) is 17.2 Å². The fourth-order valence-corrected chi connectivity index (χ4v) is 3.57. The van der Waals surface area contributed by atoms with Gasteiger partial charge >= 0.3 is 0 Å². The number of nitrogens with one attached hydrogen (secondary N) is 1. The number of halogens is 1. The van der Waals surface area contributed by atoms with Crippen LogP contribution in [0.1, 0.15) is 5.56 Å². The van der Waals surface area contributed by atoms with Crippen LogP contribution in [0.15, 0.2) is 35.6 Å². The number of nitrogens with zero attached hydrogens (tertiary/aromatic N) is 5. The van der Waals surface area contributed by atoms with Crippen LogP contribution in [-0.2, 0) is 6.42 Å². The van der Waals surface area contributed by atoms with Gasteiger partial charge in [0.1, 0.15) is 0 Å². The number of piperazine rings is 1. The van der Waals surface area contributed by atoms with Gasteiger partial charge in [-0.05, 0) is 18.6 Å². The maximum Gasteiger partial charge on any atom is 0.225 e. The third-order valence-electron chi connectivity index (χ3n) is 5.09. The van der Waals surface area contributed by atoms with Crippen molar-refractivity contribution in [3.63, 3.8) is 0 Å². The average Bonchev–Trinajstić information content (AvgIpc) is 2.82. The van der Waals surface area contributed by atoms with Crippen molar-refractivity contribution >= 4 is 35.9 Å². The van der Waals surface area contributed by atoms with E-state index >= 15 is 0 Å². The minimum Gasteiger partial charge on any atom is -0.493 e. The van der Waals surface area contributed by atoms with Crippen molar-refractivity contribution in [3.8, 4) is 17.2 Å². The number of hydrogen-bond donors (Lipinski definition) is 1. The summed E-state index contributed by atoms with van der Waals surface area (Å²) in [5.41, 5.74) is 1.05. The first-order chi connectivity index (χ1) is 14.7. The fraction of sp³-hybridized carbons (Fsp3) is 0.476. The second-order valence-corrected chi connectivity index (χ2v) is 6.74. The summed E-state index contributed by atoms with van der Waals surface area (Å²) < 4.78 is 16.4. The molecule has 1 aliphatic rings. The van der Waals surface area contributed by atoms with Gasteiger partial charge in [-0.15, -0.1) is 24.0 Å². The highest BCUT2D eigenvalue weighted by atomic mass is 127. The molecular weight excluding hydrogens is 511 g/mol. The maximum absolute atomic E-state index is 5.57. The van der Waals surface area contributed by atoms with Crippen molar-refractivity contribution in [3.05, 3.63) is 36.2 Å². The summed E-state index contributed by atoms with van der Waals surface area (Å²) in [6, 6.07) is 5.73. The molecule has 2 heterocycles. The van der Waals surface area contributed by atoms with Gasteiger partial charge in [-0.25, -0.2) is 9.97 Å². The van der Waals surface area contributed by atoms with Crippen LogP contribution in [-0.4, -0.2) is 81.9 Å². The Hall–Kier alpha value is -2.50. The lowest BCUT2D eigenvalue weighted by Crippen LogP contribution is -2.53. The zero-order valence-corrected chi connectivity index (χ0v) is 20.8. The number of methoxy groups -OCH3 is 3. The van der Waals surface area contributed by atoms with Crippen LogP contribution in [0.2, 0.25) is 0 Å². The average molecular weight is 542 g/mol. The SMILES string of the molecule is CN=C(NCCc1ccc(OC)c(OC)c1OC)N1CCN(c2ncccn2)CC1.I. The second kappa shape index (κ2) is 12.4. The van der Waals surface area contributed by atoms with Crippen molar-refractivity contribution < 1.29 is 14.2 Å². The Labute approximate surface area is 200 Å². The van der Waals surface area contributed by atoms with Gasteiger partial charge in [0, 0.05) is 57.7 Å². The maximum atomic E-state index is 5.57. The van der Waals surface area contributed by atoms with Crippen LogP contribution in [0, 0.1) is 0 Å². The quantitative estimate of drug-likeness (QED) is 0.324. The van der Waals surface area contributed by atoms with Crippen LogP contribution in [0.25, 0.3) is 0 Å². The molecular formula is C21H31IN6O3. The molecule has 31 heavy (non-hydrogen) atoms. The number of guanidine groups is 1. The van der Waals surface area contributed by atoms with Gasteiger partial charge in [-0.3, -0.25) is 4.99 Å². The van der Waals surface area contributed by atoms with E-state index in [2.05, 4.69) is 30.1 Å². The molecule has 0 aliphatic carbocycles. The molecule has 0 unspecified atom stereocenters. The number of rotatable bonds is 7. The predicted octanol–water partition coefficient (Wildman–Crippen LogP) is 2.06. The van der Waals surface area contributed by atoms with E-state index in [0.717, 1.165) is 56.6 Å². The summed E-state index contributed by atoms with van der Waals surface area (Å²) in [6.45, 7) is 4.15. The highest BCUT2D eigenvalue weighted by Gasteiger charge is 2.21. The Bertz CT molecular complexity index is 845. The molecule has 1 aliphatic heterocycles. The number of aromatic nitrogens is 2. The van der Waals surface area contributed by atoms with Crippen LogP contribution in [0.4, 0.5) is 5.95 Å². The molecule has 0 spiro atoms. The minimum atomic E-state index is 0. The molecule has 3 rings (SSSR count). The van der Waals surface area contributed by atoms with E-state index < -0.39 is 0 Å². The molecule has 1 fully saturated rings.